The van der Waals surface area contributed by atoms with Crippen LogP contribution in [0.3, 0.4) is 0 Å². The van der Waals surface area contributed by atoms with E-state index in [0.29, 0.717) is 0 Å². The van der Waals surface area contributed by atoms with Crippen molar-refractivity contribution < 1.29 is 0 Å². The lowest BCUT2D eigenvalue weighted by molar-refractivity contribution is 0.389. The number of nitrogens with one attached hydrogen (secondary N) is 2. The third-order valence-electron chi connectivity index (χ3n) is 4.50. The average Bonchev–Trinajstić information content (AvgIpc) is 2.81. The standard InChI is InChI=1S/C16H25N5.2ClH/c1-4-14-9-15(18-10-13-5-7-17-8-6-13)21-16(19-14)11(2)12(3)20-21;;/h9,13,17-18H,4-8,10H2,1-3H3;2*1H. The van der Waals surface area contributed by atoms with E-state index < -0.39 is 0 Å². The average molecular weight is 360 g/mol. The molecular weight excluding hydrogens is 333 g/mol. The van der Waals surface area contributed by atoms with Crippen molar-refractivity contribution >= 4 is 36.3 Å². The zero-order valence-corrected chi connectivity index (χ0v) is 15.7. The summed E-state index contributed by atoms with van der Waals surface area (Å²) < 4.78 is 1.96. The highest BCUT2D eigenvalue weighted by Gasteiger charge is 2.15. The van der Waals surface area contributed by atoms with Crippen LogP contribution in [0.25, 0.3) is 5.65 Å². The minimum absolute atomic E-state index is 0. The SMILES string of the molecule is CCc1cc(NCC2CCNCC2)n2nc(C)c(C)c2n1.Cl.Cl. The van der Waals surface area contributed by atoms with E-state index in [4.69, 9.17) is 4.98 Å². The summed E-state index contributed by atoms with van der Waals surface area (Å²) in [5.74, 6) is 1.82. The van der Waals surface area contributed by atoms with Gasteiger partial charge in [-0.25, -0.2) is 4.98 Å². The molecule has 0 unspecified atom stereocenters. The molecule has 2 aromatic heterocycles. The molecule has 1 aliphatic heterocycles. The van der Waals surface area contributed by atoms with Crippen LogP contribution in [0.5, 0.6) is 0 Å². The van der Waals surface area contributed by atoms with Gasteiger partial charge in [-0.05, 0) is 52.1 Å². The summed E-state index contributed by atoms with van der Waals surface area (Å²) in [6.07, 6.45) is 3.44. The Balaban J connectivity index is 0.00000132. The Morgan fingerprint density at radius 1 is 1.26 bits per heavy atom. The highest BCUT2D eigenvalue weighted by atomic mass is 35.5. The molecule has 3 heterocycles. The molecule has 0 atom stereocenters. The lowest BCUT2D eigenvalue weighted by Gasteiger charge is -2.23. The van der Waals surface area contributed by atoms with Crippen molar-refractivity contribution in [2.24, 2.45) is 5.92 Å². The van der Waals surface area contributed by atoms with Crippen LogP contribution in [0, 0.1) is 19.8 Å². The van der Waals surface area contributed by atoms with Crippen molar-refractivity contribution in [3.8, 4) is 0 Å². The first kappa shape index (κ1) is 20.0. The van der Waals surface area contributed by atoms with Crippen molar-refractivity contribution in [3.63, 3.8) is 0 Å². The molecule has 2 N–H and O–H groups in total. The fourth-order valence-corrected chi connectivity index (χ4v) is 2.92. The zero-order chi connectivity index (χ0) is 14.8. The van der Waals surface area contributed by atoms with Crippen LogP contribution < -0.4 is 10.6 Å². The second-order valence-corrected chi connectivity index (χ2v) is 6.01. The van der Waals surface area contributed by atoms with Gasteiger partial charge in [0.1, 0.15) is 5.82 Å². The van der Waals surface area contributed by atoms with Gasteiger partial charge in [-0.2, -0.15) is 9.61 Å². The van der Waals surface area contributed by atoms with Crippen molar-refractivity contribution in [1.29, 1.82) is 0 Å². The summed E-state index contributed by atoms with van der Waals surface area (Å²) in [5, 5.41) is 11.7. The number of nitrogens with zero attached hydrogens (tertiary/aromatic N) is 3. The van der Waals surface area contributed by atoms with Crippen LogP contribution in [0.15, 0.2) is 6.07 Å². The van der Waals surface area contributed by atoms with Crippen molar-refractivity contribution in [3.05, 3.63) is 23.0 Å². The first-order valence-electron chi connectivity index (χ1n) is 7.99. The van der Waals surface area contributed by atoms with E-state index in [9.17, 15) is 0 Å². The molecule has 0 aromatic carbocycles. The second-order valence-electron chi connectivity index (χ2n) is 6.01. The quantitative estimate of drug-likeness (QED) is 0.880. The Morgan fingerprint density at radius 3 is 2.61 bits per heavy atom. The van der Waals surface area contributed by atoms with Crippen molar-refractivity contribution in [1.82, 2.24) is 19.9 Å². The van der Waals surface area contributed by atoms with Gasteiger partial charge in [0.15, 0.2) is 5.65 Å². The fraction of sp³-hybridized carbons (Fsp3) is 0.625. The maximum Gasteiger partial charge on any atom is 0.160 e. The number of aromatic nitrogens is 3. The number of halogens is 2. The van der Waals surface area contributed by atoms with Gasteiger partial charge in [0.05, 0.1) is 5.69 Å². The molecule has 2 aromatic rings. The largest absolute Gasteiger partial charge is 0.370 e. The Labute approximate surface area is 150 Å². The fourth-order valence-electron chi connectivity index (χ4n) is 2.92. The van der Waals surface area contributed by atoms with Gasteiger partial charge in [-0.1, -0.05) is 6.92 Å². The summed E-state index contributed by atoms with van der Waals surface area (Å²) in [5.41, 5.74) is 4.34. The molecular formula is C16H27Cl2N5. The molecule has 5 nitrogen and oxygen atoms in total. The Morgan fingerprint density at radius 2 is 1.96 bits per heavy atom. The van der Waals surface area contributed by atoms with E-state index in [-0.39, 0.29) is 24.8 Å². The summed E-state index contributed by atoms with van der Waals surface area (Å²) in [6.45, 7) is 9.58. The van der Waals surface area contributed by atoms with E-state index in [1.807, 2.05) is 11.4 Å². The lowest BCUT2D eigenvalue weighted by Crippen LogP contribution is -2.31. The van der Waals surface area contributed by atoms with Gasteiger partial charge >= 0.3 is 0 Å². The van der Waals surface area contributed by atoms with E-state index in [1.54, 1.807) is 0 Å². The van der Waals surface area contributed by atoms with Gasteiger partial charge < -0.3 is 10.6 Å². The van der Waals surface area contributed by atoms with Crippen LogP contribution in [0.2, 0.25) is 0 Å². The van der Waals surface area contributed by atoms with E-state index >= 15 is 0 Å². The van der Waals surface area contributed by atoms with Gasteiger partial charge in [0, 0.05) is 23.9 Å². The number of aryl methyl sites for hydroxylation is 3. The lowest BCUT2D eigenvalue weighted by atomic mass is 9.98. The number of piperidine rings is 1. The first-order chi connectivity index (χ1) is 10.2. The molecule has 1 saturated heterocycles. The minimum atomic E-state index is 0. The number of rotatable bonds is 4. The Hall–Kier alpha value is -1.04. The van der Waals surface area contributed by atoms with Crippen molar-refractivity contribution in [2.75, 3.05) is 25.0 Å². The van der Waals surface area contributed by atoms with Crippen LogP contribution in [0.4, 0.5) is 5.82 Å². The first-order valence-corrected chi connectivity index (χ1v) is 7.99. The van der Waals surface area contributed by atoms with Gasteiger partial charge in [-0.3, -0.25) is 0 Å². The summed E-state index contributed by atoms with van der Waals surface area (Å²) in [7, 11) is 0. The van der Waals surface area contributed by atoms with Crippen LogP contribution >= 0.6 is 24.8 Å². The summed E-state index contributed by atoms with van der Waals surface area (Å²) >= 11 is 0. The molecule has 0 aliphatic carbocycles. The monoisotopic (exact) mass is 359 g/mol. The highest BCUT2D eigenvalue weighted by Crippen LogP contribution is 2.20. The number of hydrogen-bond acceptors (Lipinski definition) is 4. The van der Waals surface area contributed by atoms with E-state index in [2.05, 4.69) is 35.6 Å². The van der Waals surface area contributed by atoms with Gasteiger partial charge in [0.25, 0.3) is 0 Å². The van der Waals surface area contributed by atoms with E-state index in [1.165, 1.54) is 18.4 Å². The number of hydrogen-bond donors (Lipinski definition) is 2. The summed E-state index contributed by atoms with van der Waals surface area (Å²) in [4.78, 5) is 4.72. The zero-order valence-electron chi connectivity index (χ0n) is 14.1. The maximum absolute atomic E-state index is 4.72. The van der Waals surface area contributed by atoms with Gasteiger partial charge in [-0.15, -0.1) is 24.8 Å². The third-order valence-corrected chi connectivity index (χ3v) is 4.50. The number of anilines is 1. The smallest absolute Gasteiger partial charge is 0.160 e. The Bertz CT molecular complexity index is 635. The van der Waals surface area contributed by atoms with Crippen LogP contribution in [0.1, 0.15) is 36.7 Å². The predicted molar refractivity (Wildman–Crippen MR) is 100 cm³/mol. The summed E-state index contributed by atoms with van der Waals surface area (Å²) in [6, 6.07) is 2.14. The second kappa shape index (κ2) is 8.71. The molecule has 1 fully saturated rings. The third kappa shape index (κ3) is 4.28. The van der Waals surface area contributed by atoms with Crippen LogP contribution in [-0.2, 0) is 6.42 Å². The van der Waals surface area contributed by atoms with E-state index in [0.717, 1.165) is 54.8 Å². The minimum Gasteiger partial charge on any atom is -0.370 e. The molecule has 0 radical (unpaired) electrons. The predicted octanol–water partition coefficient (Wildman–Crippen LogP) is 3.16. The molecule has 0 saturated carbocycles. The molecule has 7 heteroatoms. The molecule has 3 rings (SSSR count). The molecule has 0 bridgehead atoms. The maximum atomic E-state index is 4.72. The molecule has 23 heavy (non-hydrogen) atoms. The van der Waals surface area contributed by atoms with Crippen molar-refractivity contribution in [2.45, 2.75) is 40.0 Å². The molecule has 1 aliphatic rings. The normalized spacial score (nSPS) is 15.1. The molecule has 0 amide bonds. The highest BCUT2D eigenvalue weighted by molar-refractivity contribution is 5.85. The topological polar surface area (TPSA) is 54.2 Å². The van der Waals surface area contributed by atoms with Crippen LogP contribution in [-0.4, -0.2) is 34.2 Å². The molecule has 130 valence electrons. The molecule has 0 spiro atoms. The Kier molecular flexibility index (Phi) is 7.58. The van der Waals surface area contributed by atoms with Gasteiger partial charge in [0.2, 0.25) is 0 Å². The number of fused-ring (bicyclic) bond motifs is 1.